The number of rotatable bonds is 4. The van der Waals surface area contributed by atoms with E-state index in [-0.39, 0.29) is 0 Å². The van der Waals surface area contributed by atoms with E-state index >= 15 is 0 Å². The molecule has 146 valence electrons. The standard InChI is InChI=1S/C24H36F2/c1-15-5-9-19(10-6-15)13-21-17(3)18(4)22(24(26)23(21)25)14-20-11-7-16(2)8-12-20/h15-16,19-20H,5-14H2,1-4H3. The Morgan fingerprint density at radius 1 is 0.615 bits per heavy atom. The third-order valence-electron chi connectivity index (χ3n) is 7.45. The fraction of sp³-hybridized carbons (Fsp3) is 0.750. The molecule has 0 radical (unpaired) electrons. The summed E-state index contributed by atoms with van der Waals surface area (Å²) in [6, 6.07) is 0. The predicted molar refractivity (Wildman–Crippen MR) is 105 cm³/mol. The van der Waals surface area contributed by atoms with Crippen LogP contribution >= 0.6 is 0 Å². The maximum atomic E-state index is 15.0. The molecule has 1 aromatic carbocycles. The molecule has 1 aromatic rings. The number of benzene rings is 1. The van der Waals surface area contributed by atoms with Gasteiger partial charge >= 0.3 is 0 Å². The van der Waals surface area contributed by atoms with Crippen LogP contribution in [0.2, 0.25) is 0 Å². The van der Waals surface area contributed by atoms with Gasteiger partial charge in [-0.1, -0.05) is 39.5 Å². The Labute approximate surface area is 158 Å². The molecule has 2 aliphatic carbocycles. The van der Waals surface area contributed by atoms with E-state index in [4.69, 9.17) is 0 Å². The van der Waals surface area contributed by atoms with Gasteiger partial charge in [0.15, 0.2) is 11.6 Å². The Bertz CT molecular complexity index is 534. The van der Waals surface area contributed by atoms with E-state index in [9.17, 15) is 8.78 Å². The van der Waals surface area contributed by atoms with Gasteiger partial charge in [0.2, 0.25) is 0 Å². The maximum Gasteiger partial charge on any atom is 0.162 e. The minimum Gasteiger partial charge on any atom is -0.203 e. The first-order valence-corrected chi connectivity index (χ1v) is 10.8. The molecule has 0 amide bonds. The molecule has 2 saturated carbocycles. The molecule has 0 aromatic heterocycles. The van der Waals surface area contributed by atoms with Gasteiger partial charge in [0.05, 0.1) is 0 Å². The summed E-state index contributed by atoms with van der Waals surface area (Å²) in [6.07, 6.45) is 11.0. The van der Waals surface area contributed by atoms with Crippen LogP contribution in [0.3, 0.4) is 0 Å². The van der Waals surface area contributed by atoms with Crippen molar-refractivity contribution in [3.8, 4) is 0 Å². The normalized spacial score (nSPS) is 29.8. The van der Waals surface area contributed by atoms with Crippen molar-refractivity contribution in [1.29, 1.82) is 0 Å². The van der Waals surface area contributed by atoms with Gasteiger partial charge in [0.1, 0.15) is 0 Å². The first kappa shape index (κ1) is 19.8. The van der Waals surface area contributed by atoms with Gasteiger partial charge in [0.25, 0.3) is 0 Å². The lowest BCUT2D eigenvalue weighted by Gasteiger charge is -2.29. The molecule has 3 rings (SSSR count). The molecule has 0 heterocycles. The van der Waals surface area contributed by atoms with Crippen molar-refractivity contribution >= 4 is 0 Å². The monoisotopic (exact) mass is 362 g/mol. The van der Waals surface area contributed by atoms with Crippen LogP contribution in [0.4, 0.5) is 8.78 Å². The molecule has 2 fully saturated rings. The zero-order valence-electron chi connectivity index (χ0n) is 17.1. The molecule has 0 nitrogen and oxygen atoms in total. The molecule has 0 aliphatic heterocycles. The van der Waals surface area contributed by atoms with E-state index in [1.165, 1.54) is 25.7 Å². The van der Waals surface area contributed by atoms with Crippen LogP contribution in [-0.4, -0.2) is 0 Å². The van der Waals surface area contributed by atoms with Crippen LogP contribution in [0.1, 0.15) is 87.5 Å². The van der Waals surface area contributed by atoms with Gasteiger partial charge in [0, 0.05) is 0 Å². The Morgan fingerprint density at radius 3 is 1.23 bits per heavy atom. The fourth-order valence-corrected chi connectivity index (χ4v) is 5.18. The Kier molecular flexibility index (Phi) is 6.41. The fourth-order valence-electron chi connectivity index (χ4n) is 5.18. The van der Waals surface area contributed by atoms with Crippen molar-refractivity contribution in [2.24, 2.45) is 23.7 Å². The number of hydrogen-bond donors (Lipinski definition) is 0. The highest BCUT2D eigenvalue weighted by molar-refractivity contribution is 5.42. The first-order valence-electron chi connectivity index (χ1n) is 10.8. The zero-order chi connectivity index (χ0) is 18.8. The second-order valence-corrected chi connectivity index (χ2v) is 9.50. The van der Waals surface area contributed by atoms with Crippen LogP contribution in [0.25, 0.3) is 0 Å². The van der Waals surface area contributed by atoms with Crippen LogP contribution in [0.5, 0.6) is 0 Å². The van der Waals surface area contributed by atoms with Gasteiger partial charge in [-0.25, -0.2) is 8.78 Å². The molecule has 0 atom stereocenters. The van der Waals surface area contributed by atoms with Crippen molar-refractivity contribution in [1.82, 2.24) is 0 Å². The van der Waals surface area contributed by atoms with Crippen molar-refractivity contribution in [2.75, 3.05) is 0 Å². The van der Waals surface area contributed by atoms with Crippen molar-refractivity contribution < 1.29 is 8.78 Å². The molecule has 0 N–H and O–H groups in total. The van der Waals surface area contributed by atoms with Crippen molar-refractivity contribution in [3.63, 3.8) is 0 Å². The molecular weight excluding hydrogens is 326 g/mol. The molecular formula is C24H36F2. The second kappa shape index (κ2) is 8.40. The minimum absolute atomic E-state index is 0.517. The first-order chi connectivity index (χ1) is 12.4. The second-order valence-electron chi connectivity index (χ2n) is 9.50. The Morgan fingerprint density at radius 2 is 0.923 bits per heavy atom. The van der Waals surface area contributed by atoms with Crippen LogP contribution in [-0.2, 0) is 12.8 Å². The van der Waals surface area contributed by atoms with E-state index in [1.807, 2.05) is 13.8 Å². The average Bonchev–Trinajstić information content (AvgIpc) is 2.64. The topological polar surface area (TPSA) is 0 Å². The Hall–Kier alpha value is -0.920. The summed E-state index contributed by atoms with van der Waals surface area (Å²) in [6.45, 7) is 8.61. The third-order valence-corrected chi connectivity index (χ3v) is 7.45. The lowest BCUT2D eigenvalue weighted by molar-refractivity contribution is 0.283. The molecule has 0 spiro atoms. The highest BCUT2D eigenvalue weighted by Gasteiger charge is 2.27. The van der Waals surface area contributed by atoms with Gasteiger partial charge in [-0.2, -0.15) is 0 Å². The van der Waals surface area contributed by atoms with Gasteiger partial charge < -0.3 is 0 Å². The zero-order valence-corrected chi connectivity index (χ0v) is 17.1. The molecule has 0 bridgehead atoms. The smallest absolute Gasteiger partial charge is 0.162 e. The van der Waals surface area contributed by atoms with Crippen LogP contribution < -0.4 is 0 Å². The van der Waals surface area contributed by atoms with Crippen molar-refractivity contribution in [2.45, 2.75) is 91.9 Å². The number of halogens is 2. The predicted octanol–water partition coefficient (Wildman–Crippen LogP) is 7.32. The van der Waals surface area contributed by atoms with Crippen molar-refractivity contribution in [3.05, 3.63) is 33.9 Å². The summed E-state index contributed by atoms with van der Waals surface area (Å²) in [7, 11) is 0. The summed E-state index contributed by atoms with van der Waals surface area (Å²) < 4.78 is 30.0. The lowest BCUT2D eigenvalue weighted by atomic mass is 9.77. The van der Waals surface area contributed by atoms with Crippen LogP contribution in [0, 0.1) is 49.2 Å². The quantitative estimate of drug-likeness (QED) is 0.526. The molecule has 2 aliphatic rings. The van der Waals surface area contributed by atoms with E-state index in [2.05, 4.69) is 13.8 Å². The summed E-state index contributed by atoms with van der Waals surface area (Å²) in [5, 5.41) is 0. The molecule has 26 heavy (non-hydrogen) atoms. The highest BCUT2D eigenvalue weighted by Crippen LogP contribution is 2.36. The summed E-state index contributed by atoms with van der Waals surface area (Å²) in [4.78, 5) is 0. The Balaban J connectivity index is 1.78. The summed E-state index contributed by atoms with van der Waals surface area (Å²) >= 11 is 0. The van der Waals surface area contributed by atoms with E-state index in [0.29, 0.717) is 35.8 Å². The largest absolute Gasteiger partial charge is 0.203 e. The SMILES string of the molecule is Cc1c(C)c(CC2CCC(C)CC2)c(F)c(F)c1CC1CCC(C)CC1. The van der Waals surface area contributed by atoms with E-state index in [0.717, 1.165) is 48.6 Å². The van der Waals surface area contributed by atoms with Gasteiger partial charge in [-0.05, 0) is 98.3 Å². The average molecular weight is 363 g/mol. The van der Waals surface area contributed by atoms with E-state index in [1.54, 1.807) is 0 Å². The summed E-state index contributed by atoms with van der Waals surface area (Å²) in [5.74, 6) is 1.51. The molecule has 2 heteroatoms. The number of hydrogen-bond acceptors (Lipinski definition) is 0. The van der Waals surface area contributed by atoms with Gasteiger partial charge in [-0.3, -0.25) is 0 Å². The lowest BCUT2D eigenvalue weighted by Crippen LogP contribution is -2.19. The van der Waals surface area contributed by atoms with Gasteiger partial charge in [-0.15, -0.1) is 0 Å². The third kappa shape index (κ3) is 4.31. The molecule has 0 saturated heterocycles. The van der Waals surface area contributed by atoms with Crippen LogP contribution in [0.15, 0.2) is 0 Å². The van der Waals surface area contributed by atoms with E-state index < -0.39 is 11.6 Å². The minimum atomic E-state index is -0.550. The molecule has 0 unspecified atom stereocenters. The highest BCUT2D eigenvalue weighted by atomic mass is 19.2. The maximum absolute atomic E-state index is 15.0. The summed E-state index contributed by atoms with van der Waals surface area (Å²) in [5.41, 5.74) is 3.31.